The fourth-order valence-electron chi connectivity index (χ4n) is 2.02. The van der Waals surface area contributed by atoms with Gasteiger partial charge in [-0.3, -0.25) is 0 Å². The molecule has 0 bridgehead atoms. The third kappa shape index (κ3) is 2.73. The molecule has 0 radical (unpaired) electrons. The minimum Gasteiger partial charge on any atom is -0.365 e. The molecule has 1 fully saturated rings. The molecule has 2 rings (SSSR count). The number of nitrogens with one attached hydrogen (secondary N) is 1. The molecule has 1 aliphatic rings. The van der Waals surface area contributed by atoms with Crippen LogP contribution in [-0.2, 0) is 0 Å². The molecule has 0 aromatic carbocycles. The first-order chi connectivity index (χ1) is 8.52. The molecule has 0 unspecified atom stereocenters. The lowest BCUT2D eigenvalue weighted by atomic mass is 9.98. The van der Waals surface area contributed by atoms with Gasteiger partial charge >= 0.3 is 0 Å². The molecule has 1 aromatic heterocycles. The summed E-state index contributed by atoms with van der Waals surface area (Å²) in [5, 5.41) is 11.8. The van der Waals surface area contributed by atoms with Crippen LogP contribution in [0.5, 0.6) is 0 Å². The number of anilines is 1. The van der Waals surface area contributed by atoms with E-state index in [-0.39, 0.29) is 22.6 Å². The lowest BCUT2D eigenvalue weighted by molar-refractivity contribution is 0.448. The third-order valence-corrected chi connectivity index (χ3v) is 3.86. The molecule has 1 aliphatic carbocycles. The molecule has 0 spiro atoms. The van der Waals surface area contributed by atoms with Crippen molar-refractivity contribution in [2.24, 2.45) is 11.8 Å². The molecule has 0 amide bonds. The van der Waals surface area contributed by atoms with Gasteiger partial charge in [0.1, 0.15) is 11.2 Å². The number of rotatable bonds is 4. The van der Waals surface area contributed by atoms with Crippen molar-refractivity contribution >= 4 is 17.4 Å². The molecule has 5 heteroatoms. The van der Waals surface area contributed by atoms with E-state index < -0.39 is 5.82 Å². The van der Waals surface area contributed by atoms with E-state index in [2.05, 4.69) is 17.2 Å². The molecule has 3 nitrogen and oxygen atoms in total. The van der Waals surface area contributed by atoms with E-state index in [4.69, 9.17) is 16.9 Å². The number of halogens is 2. The van der Waals surface area contributed by atoms with E-state index in [1.54, 1.807) is 6.07 Å². The minimum atomic E-state index is -0.536. The van der Waals surface area contributed by atoms with Crippen molar-refractivity contribution in [2.45, 2.75) is 32.7 Å². The lowest BCUT2D eigenvalue weighted by Crippen LogP contribution is -2.26. The van der Waals surface area contributed by atoms with Crippen LogP contribution < -0.4 is 5.32 Å². The van der Waals surface area contributed by atoms with Gasteiger partial charge in [0, 0.05) is 6.04 Å². The van der Waals surface area contributed by atoms with Crippen molar-refractivity contribution in [1.29, 1.82) is 5.26 Å². The highest BCUT2D eigenvalue weighted by molar-refractivity contribution is 6.30. The van der Waals surface area contributed by atoms with Crippen LogP contribution in [-0.4, -0.2) is 11.0 Å². The fourth-order valence-corrected chi connectivity index (χ4v) is 2.20. The van der Waals surface area contributed by atoms with Gasteiger partial charge in [-0.05, 0) is 37.7 Å². The maximum atomic E-state index is 13.7. The Kier molecular flexibility index (Phi) is 3.72. The lowest BCUT2D eigenvalue weighted by Gasteiger charge is -2.21. The Morgan fingerprint density at radius 3 is 2.78 bits per heavy atom. The van der Waals surface area contributed by atoms with Crippen LogP contribution in [0.2, 0.25) is 5.15 Å². The highest BCUT2D eigenvalue weighted by Gasteiger charge is 2.31. The quantitative estimate of drug-likeness (QED) is 0.848. The summed E-state index contributed by atoms with van der Waals surface area (Å²) in [5.74, 6) is 0.787. The monoisotopic (exact) mass is 267 g/mol. The van der Waals surface area contributed by atoms with Crippen LogP contribution in [0.15, 0.2) is 6.07 Å². The van der Waals surface area contributed by atoms with Gasteiger partial charge in [0.15, 0.2) is 11.6 Å². The third-order valence-electron chi connectivity index (χ3n) is 3.57. The summed E-state index contributed by atoms with van der Waals surface area (Å²) in [5.41, 5.74) is 0.0580. The van der Waals surface area contributed by atoms with Crippen molar-refractivity contribution in [3.63, 3.8) is 0 Å². The van der Waals surface area contributed by atoms with Crippen molar-refractivity contribution in [3.8, 4) is 6.07 Å². The molecule has 96 valence electrons. The largest absolute Gasteiger partial charge is 0.365 e. The maximum absolute atomic E-state index is 13.7. The van der Waals surface area contributed by atoms with Gasteiger partial charge in [0.2, 0.25) is 0 Å². The second-order valence-electron chi connectivity index (χ2n) is 4.90. The van der Waals surface area contributed by atoms with Gasteiger partial charge in [-0.15, -0.1) is 0 Å². The second kappa shape index (κ2) is 5.11. The van der Waals surface area contributed by atoms with Gasteiger partial charge in [0.25, 0.3) is 0 Å². The summed E-state index contributed by atoms with van der Waals surface area (Å²) in [4.78, 5) is 3.90. The van der Waals surface area contributed by atoms with Crippen LogP contribution in [0.4, 0.5) is 10.2 Å². The predicted molar refractivity (Wildman–Crippen MR) is 68.9 cm³/mol. The molecule has 2 atom stereocenters. The van der Waals surface area contributed by atoms with E-state index in [0.29, 0.717) is 5.92 Å². The summed E-state index contributed by atoms with van der Waals surface area (Å²) in [7, 11) is 0. The van der Waals surface area contributed by atoms with E-state index >= 15 is 0 Å². The summed E-state index contributed by atoms with van der Waals surface area (Å²) >= 11 is 5.80. The van der Waals surface area contributed by atoms with Crippen molar-refractivity contribution < 1.29 is 4.39 Å². The number of hydrogen-bond acceptors (Lipinski definition) is 3. The molecule has 1 N–H and O–H groups in total. The smallest absolute Gasteiger partial charge is 0.166 e. The number of hydrogen-bond donors (Lipinski definition) is 1. The topological polar surface area (TPSA) is 48.7 Å². The Morgan fingerprint density at radius 1 is 1.56 bits per heavy atom. The molecular formula is C13H15ClFN3. The first-order valence-corrected chi connectivity index (χ1v) is 6.43. The highest BCUT2D eigenvalue weighted by atomic mass is 35.5. The summed E-state index contributed by atoms with van der Waals surface area (Å²) in [6.45, 7) is 4.16. The average molecular weight is 268 g/mol. The summed E-state index contributed by atoms with van der Waals surface area (Å²) in [6, 6.07) is 3.05. The van der Waals surface area contributed by atoms with Crippen LogP contribution in [0.3, 0.4) is 0 Å². The summed E-state index contributed by atoms with van der Waals surface area (Å²) < 4.78 is 13.7. The Balaban J connectivity index is 2.13. The zero-order valence-corrected chi connectivity index (χ0v) is 11.1. The van der Waals surface area contributed by atoms with Crippen LogP contribution in [0.1, 0.15) is 32.3 Å². The van der Waals surface area contributed by atoms with Crippen LogP contribution >= 0.6 is 11.6 Å². The van der Waals surface area contributed by atoms with Gasteiger partial charge in [-0.2, -0.15) is 5.26 Å². The Bertz CT molecular complexity index is 494. The zero-order chi connectivity index (χ0) is 13.3. The number of nitrogens with zero attached hydrogens (tertiary/aromatic N) is 2. The summed E-state index contributed by atoms with van der Waals surface area (Å²) in [6.07, 6.45) is 2.49. The van der Waals surface area contributed by atoms with Gasteiger partial charge in [0.05, 0.1) is 5.56 Å². The Hall–Kier alpha value is -1.34. The SMILES string of the molecule is C[C@@H](Nc1nc(Cl)c(C#N)cc1F)[C@@H](C)C1CC1. The van der Waals surface area contributed by atoms with Crippen molar-refractivity contribution in [3.05, 3.63) is 22.6 Å². The predicted octanol–water partition coefficient (Wildman–Crippen LogP) is 3.59. The van der Waals surface area contributed by atoms with Gasteiger partial charge < -0.3 is 5.32 Å². The van der Waals surface area contributed by atoms with Gasteiger partial charge in [-0.25, -0.2) is 9.37 Å². The Morgan fingerprint density at radius 2 is 2.22 bits per heavy atom. The molecule has 0 saturated heterocycles. The Labute approximate surface area is 111 Å². The first-order valence-electron chi connectivity index (χ1n) is 6.05. The number of nitriles is 1. The minimum absolute atomic E-state index is 0.0349. The molecule has 1 aromatic rings. The molecule has 1 saturated carbocycles. The maximum Gasteiger partial charge on any atom is 0.166 e. The van der Waals surface area contributed by atoms with E-state index in [9.17, 15) is 4.39 Å². The van der Waals surface area contributed by atoms with Crippen LogP contribution in [0, 0.1) is 29.0 Å². The van der Waals surface area contributed by atoms with Crippen molar-refractivity contribution in [1.82, 2.24) is 4.98 Å². The average Bonchev–Trinajstić information content (AvgIpc) is 3.16. The van der Waals surface area contributed by atoms with Crippen LogP contribution in [0.25, 0.3) is 0 Å². The normalized spacial score (nSPS) is 17.9. The standard InChI is InChI=1S/C13H15ClFN3/c1-7(9-3-4-9)8(2)17-13-11(15)5-10(6-16)12(14)18-13/h5,7-9H,3-4H2,1-2H3,(H,17,18)/t7-,8-/m1/s1. The van der Waals surface area contributed by atoms with Gasteiger partial charge in [-0.1, -0.05) is 18.5 Å². The molecule has 0 aliphatic heterocycles. The molecule has 18 heavy (non-hydrogen) atoms. The number of pyridine rings is 1. The highest BCUT2D eigenvalue weighted by Crippen LogP contribution is 2.38. The fraction of sp³-hybridized carbons (Fsp3) is 0.538. The van der Waals surface area contributed by atoms with E-state index in [1.807, 2.05) is 6.92 Å². The van der Waals surface area contributed by atoms with Crippen molar-refractivity contribution in [2.75, 3.05) is 5.32 Å². The van der Waals surface area contributed by atoms with E-state index in [1.165, 1.54) is 12.8 Å². The first kappa shape index (κ1) is 13.1. The zero-order valence-electron chi connectivity index (χ0n) is 10.4. The van der Waals surface area contributed by atoms with E-state index in [0.717, 1.165) is 12.0 Å². The second-order valence-corrected chi connectivity index (χ2v) is 5.26. The molecule has 1 heterocycles. The molecular weight excluding hydrogens is 253 g/mol. The number of aromatic nitrogens is 1.